The van der Waals surface area contributed by atoms with Crippen LogP contribution in [0.2, 0.25) is 0 Å². The molecule has 0 aromatic heterocycles. The quantitative estimate of drug-likeness (QED) is 0.664. The van der Waals surface area contributed by atoms with Crippen LogP contribution in [0.3, 0.4) is 0 Å². The largest absolute Gasteiger partial charge is 0.369 e. The Morgan fingerprint density at radius 2 is 2.31 bits per heavy atom. The predicted molar refractivity (Wildman–Crippen MR) is 59.5 cm³/mol. The van der Waals surface area contributed by atoms with Gasteiger partial charge in [-0.15, -0.1) is 0 Å². The first kappa shape index (κ1) is 10.2. The number of nitrogens with one attached hydrogen (secondary N) is 1. The van der Waals surface area contributed by atoms with Crippen LogP contribution in [-0.2, 0) is 16.0 Å². The van der Waals surface area contributed by atoms with Crippen LogP contribution in [0.15, 0.2) is 18.2 Å². The minimum atomic E-state index is -0.455. The van der Waals surface area contributed by atoms with E-state index >= 15 is 0 Å². The first-order valence-electron chi connectivity index (χ1n) is 4.86. The number of rotatable bonds is 1. The van der Waals surface area contributed by atoms with Crippen LogP contribution < -0.4 is 11.1 Å². The van der Waals surface area contributed by atoms with E-state index in [1.807, 2.05) is 12.1 Å². The van der Waals surface area contributed by atoms with Crippen LogP contribution in [0.4, 0.5) is 5.69 Å². The lowest BCUT2D eigenvalue weighted by Crippen LogP contribution is -2.08. The SMILES string of the molecule is NC(=O)CC#Cc1cccc2c1NC(=O)C2. The number of hydrogen-bond acceptors (Lipinski definition) is 2. The number of carbonyl (C=O) groups excluding carboxylic acids is 2. The second-order valence-electron chi connectivity index (χ2n) is 3.51. The fourth-order valence-corrected chi connectivity index (χ4v) is 1.58. The lowest BCUT2D eigenvalue weighted by Gasteiger charge is -2.00. The summed E-state index contributed by atoms with van der Waals surface area (Å²) in [7, 11) is 0. The highest BCUT2D eigenvalue weighted by atomic mass is 16.2. The second-order valence-corrected chi connectivity index (χ2v) is 3.51. The molecule has 1 aromatic rings. The van der Waals surface area contributed by atoms with Crippen molar-refractivity contribution in [3.63, 3.8) is 0 Å². The molecule has 2 amide bonds. The van der Waals surface area contributed by atoms with Crippen LogP contribution in [0, 0.1) is 11.8 Å². The lowest BCUT2D eigenvalue weighted by molar-refractivity contribution is -0.117. The minimum absolute atomic E-state index is 0.0254. The molecule has 0 radical (unpaired) electrons. The molecule has 80 valence electrons. The summed E-state index contributed by atoms with van der Waals surface area (Å²) in [5, 5.41) is 2.75. The third kappa shape index (κ3) is 2.04. The molecule has 2 rings (SSSR count). The zero-order valence-corrected chi connectivity index (χ0v) is 8.54. The van der Waals surface area contributed by atoms with Crippen LogP contribution in [0.25, 0.3) is 0 Å². The van der Waals surface area contributed by atoms with E-state index in [4.69, 9.17) is 5.73 Å². The summed E-state index contributed by atoms with van der Waals surface area (Å²) in [4.78, 5) is 21.7. The molecule has 4 heteroatoms. The number of primary amides is 1. The molecule has 0 bridgehead atoms. The summed E-state index contributed by atoms with van der Waals surface area (Å²) in [6.45, 7) is 0. The monoisotopic (exact) mass is 214 g/mol. The van der Waals surface area contributed by atoms with Crippen molar-refractivity contribution < 1.29 is 9.59 Å². The Kier molecular flexibility index (Phi) is 2.61. The van der Waals surface area contributed by atoms with E-state index in [0.717, 1.165) is 16.8 Å². The molecule has 1 heterocycles. The smallest absolute Gasteiger partial charge is 0.229 e. The third-order valence-electron chi connectivity index (χ3n) is 2.25. The van der Waals surface area contributed by atoms with E-state index in [1.54, 1.807) is 6.07 Å². The van der Waals surface area contributed by atoms with Crippen LogP contribution in [-0.4, -0.2) is 11.8 Å². The van der Waals surface area contributed by atoms with E-state index in [9.17, 15) is 9.59 Å². The Morgan fingerprint density at radius 1 is 1.50 bits per heavy atom. The maximum atomic E-state index is 11.2. The lowest BCUT2D eigenvalue weighted by atomic mass is 10.1. The number of fused-ring (bicyclic) bond motifs is 1. The predicted octanol–water partition coefficient (Wildman–Crippen LogP) is 0.408. The zero-order valence-electron chi connectivity index (χ0n) is 8.54. The van der Waals surface area contributed by atoms with Gasteiger partial charge in [0.05, 0.1) is 18.5 Å². The van der Waals surface area contributed by atoms with Gasteiger partial charge in [0, 0.05) is 5.56 Å². The fraction of sp³-hybridized carbons (Fsp3) is 0.167. The summed E-state index contributed by atoms with van der Waals surface area (Å²) < 4.78 is 0. The van der Waals surface area contributed by atoms with Crippen molar-refractivity contribution >= 4 is 17.5 Å². The van der Waals surface area contributed by atoms with Gasteiger partial charge >= 0.3 is 0 Å². The minimum Gasteiger partial charge on any atom is -0.369 e. The highest BCUT2D eigenvalue weighted by Crippen LogP contribution is 2.26. The first-order chi connectivity index (χ1) is 7.66. The van der Waals surface area contributed by atoms with Gasteiger partial charge in [-0.1, -0.05) is 24.0 Å². The number of para-hydroxylation sites is 1. The van der Waals surface area contributed by atoms with Crippen molar-refractivity contribution in [2.75, 3.05) is 5.32 Å². The topological polar surface area (TPSA) is 72.2 Å². The molecule has 0 saturated carbocycles. The highest BCUT2D eigenvalue weighted by molar-refractivity contribution is 6.00. The van der Waals surface area contributed by atoms with Gasteiger partial charge in [0.1, 0.15) is 0 Å². The van der Waals surface area contributed by atoms with E-state index in [-0.39, 0.29) is 12.3 Å². The average Bonchev–Trinajstić information content (AvgIpc) is 2.58. The number of nitrogens with two attached hydrogens (primary N) is 1. The Labute approximate surface area is 92.8 Å². The van der Waals surface area contributed by atoms with Crippen LogP contribution >= 0.6 is 0 Å². The molecule has 0 atom stereocenters. The summed E-state index contributed by atoms with van der Waals surface area (Å²) >= 11 is 0. The number of anilines is 1. The summed E-state index contributed by atoms with van der Waals surface area (Å²) in [5.74, 6) is 5.02. The van der Waals surface area contributed by atoms with Gasteiger partial charge < -0.3 is 11.1 Å². The van der Waals surface area contributed by atoms with Crippen LogP contribution in [0.1, 0.15) is 17.5 Å². The summed E-state index contributed by atoms with van der Waals surface area (Å²) in [6, 6.07) is 5.53. The zero-order chi connectivity index (χ0) is 11.5. The van der Waals surface area contributed by atoms with Gasteiger partial charge in [0.25, 0.3) is 0 Å². The van der Waals surface area contributed by atoms with Gasteiger partial charge in [0.2, 0.25) is 11.8 Å². The number of benzene rings is 1. The average molecular weight is 214 g/mol. The first-order valence-corrected chi connectivity index (χ1v) is 4.86. The summed E-state index contributed by atoms with van der Waals surface area (Å²) in [5.41, 5.74) is 7.40. The molecule has 0 unspecified atom stereocenters. The molecule has 1 aliphatic heterocycles. The van der Waals surface area contributed by atoms with E-state index in [0.29, 0.717) is 6.42 Å². The Morgan fingerprint density at radius 3 is 3.06 bits per heavy atom. The fourth-order valence-electron chi connectivity index (χ4n) is 1.58. The molecule has 0 spiro atoms. The van der Waals surface area contributed by atoms with Gasteiger partial charge in [-0.3, -0.25) is 9.59 Å². The van der Waals surface area contributed by atoms with Crippen molar-refractivity contribution in [1.82, 2.24) is 0 Å². The van der Waals surface area contributed by atoms with Crippen LogP contribution in [0.5, 0.6) is 0 Å². The van der Waals surface area contributed by atoms with Gasteiger partial charge in [-0.05, 0) is 11.6 Å². The number of carbonyl (C=O) groups is 2. The summed E-state index contributed by atoms with van der Waals surface area (Å²) in [6.07, 6.45) is 0.415. The molecule has 1 aromatic carbocycles. The van der Waals surface area contributed by atoms with Gasteiger partial charge in [-0.2, -0.15) is 0 Å². The van der Waals surface area contributed by atoms with Crippen molar-refractivity contribution in [3.05, 3.63) is 29.3 Å². The van der Waals surface area contributed by atoms with Gasteiger partial charge in [0.15, 0.2) is 0 Å². The maximum Gasteiger partial charge on any atom is 0.229 e. The standard InChI is InChI=1S/C12H10N2O2/c13-10(15)6-2-4-8-3-1-5-9-7-11(16)14-12(8)9/h1,3,5H,6-7H2,(H2,13,15)(H,14,16). The van der Waals surface area contributed by atoms with Crippen molar-refractivity contribution in [1.29, 1.82) is 0 Å². The molecular weight excluding hydrogens is 204 g/mol. The molecule has 3 N–H and O–H groups in total. The molecule has 4 nitrogen and oxygen atoms in total. The second kappa shape index (κ2) is 4.07. The van der Waals surface area contributed by atoms with E-state index < -0.39 is 5.91 Å². The van der Waals surface area contributed by atoms with Crippen molar-refractivity contribution in [2.45, 2.75) is 12.8 Å². The molecule has 0 saturated heterocycles. The third-order valence-corrected chi connectivity index (χ3v) is 2.25. The van der Waals surface area contributed by atoms with E-state index in [2.05, 4.69) is 17.2 Å². The molecule has 0 aliphatic carbocycles. The van der Waals surface area contributed by atoms with Crippen molar-refractivity contribution in [3.8, 4) is 11.8 Å². The Balaban J connectivity index is 2.29. The number of amides is 2. The maximum absolute atomic E-state index is 11.2. The highest BCUT2D eigenvalue weighted by Gasteiger charge is 2.19. The molecule has 1 aliphatic rings. The number of hydrogen-bond donors (Lipinski definition) is 2. The van der Waals surface area contributed by atoms with E-state index in [1.165, 1.54) is 0 Å². The Hall–Kier alpha value is -2.28. The van der Waals surface area contributed by atoms with Crippen molar-refractivity contribution in [2.24, 2.45) is 5.73 Å². The molecule has 0 fully saturated rings. The normalized spacial score (nSPS) is 12.4. The van der Waals surface area contributed by atoms with Gasteiger partial charge in [-0.25, -0.2) is 0 Å². The Bertz CT molecular complexity index is 524. The molecular formula is C12H10N2O2. The molecule has 16 heavy (non-hydrogen) atoms.